The second-order valence-corrected chi connectivity index (χ2v) is 3.46. The minimum atomic E-state index is -0.474. The molecule has 1 rings (SSSR count). The molecule has 0 aliphatic heterocycles. The first-order valence-electron chi connectivity index (χ1n) is 3.64. The molecule has 0 aromatic heterocycles. The Morgan fingerprint density at radius 1 is 1.62 bits per heavy atom. The van der Waals surface area contributed by atoms with E-state index in [-0.39, 0.29) is 5.82 Å². The summed E-state index contributed by atoms with van der Waals surface area (Å²) in [5.74, 6) is -0.366. The molecule has 0 N–H and O–H groups in total. The number of hydrogen-bond acceptors (Lipinski definition) is 1. The van der Waals surface area contributed by atoms with Crippen LogP contribution in [0.5, 0.6) is 0 Å². The van der Waals surface area contributed by atoms with Crippen LogP contribution in [0.2, 0.25) is 0 Å². The molecule has 0 fully saturated rings. The zero-order valence-electron chi connectivity index (χ0n) is 6.91. The maximum absolute atomic E-state index is 13.2. The third-order valence-corrected chi connectivity index (χ3v) is 2.13. The highest BCUT2D eigenvalue weighted by molar-refractivity contribution is 9.10. The maximum Gasteiger partial charge on any atom is 0.127 e. The van der Waals surface area contributed by atoms with Crippen LogP contribution in [0.15, 0.2) is 27.8 Å². The Morgan fingerprint density at radius 2 is 2.31 bits per heavy atom. The number of azide groups is 1. The Balaban J connectivity index is 3.08. The molecule has 0 saturated carbocycles. The number of benzene rings is 1. The van der Waals surface area contributed by atoms with E-state index in [9.17, 15) is 4.39 Å². The summed E-state index contributed by atoms with van der Waals surface area (Å²) in [5, 5.41) is 3.41. The average molecular weight is 244 g/mol. The molecule has 0 radical (unpaired) electrons. The van der Waals surface area contributed by atoms with Gasteiger partial charge in [0.1, 0.15) is 5.82 Å². The second kappa shape index (κ2) is 4.25. The van der Waals surface area contributed by atoms with Crippen molar-refractivity contribution in [2.24, 2.45) is 5.11 Å². The maximum atomic E-state index is 13.2. The van der Waals surface area contributed by atoms with Crippen molar-refractivity contribution in [3.8, 4) is 0 Å². The van der Waals surface area contributed by atoms with Crippen LogP contribution in [0.1, 0.15) is 18.5 Å². The Morgan fingerprint density at radius 3 is 2.85 bits per heavy atom. The Labute approximate surface area is 83.3 Å². The third-order valence-electron chi connectivity index (χ3n) is 1.64. The van der Waals surface area contributed by atoms with Crippen molar-refractivity contribution in [3.63, 3.8) is 0 Å². The van der Waals surface area contributed by atoms with Crippen LogP contribution in [0, 0.1) is 5.82 Å². The molecule has 0 amide bonds. The molecule has 1 atom stereocenters. The molecule has 0 spiro atoms. The van der Waals surface area contributed by atoms with Crippen LogP contribution in [0.25, 0.3) is 10.4 Å². The van der Waals surface area contributed by atoms with Gasteiger partial charge in [-0.3, -0.25) is 0 Å². The summed E-state index contributed by atoms with van der Waals surface area (Å²) in [6.07, 6.45) is 0. The lowest BCUT2D eigenvalue weighted by molar-refractivity contribution is 0.592. The van der Waals surface area contributed by atoms with Gasteiger partial charge < -0.3 is 0 Å². The summed E-state index contributed by atoms with van der Waals surface area (Å²) < 4.78 is 13.9. The molecule has 68 valence electrons. The average Bonchev–Trinajstić information content (AvgIpc) is 2.04. The normalized spacial score (nSPS) is 11.9. The first-order valence-corrected chi connectivity index (χ1v) is 4.43. The van der Waals surface area contributed by atoms with E-state index in [1.807, 2.05) is 0 Å². The summed E-state index contributed by atoms with van der Waals surface area (Å²) in [6.45, 7) is 1.64. The molecule has 0 saturated heterocycles. The summed E-state index contributed by atoms with van der Waals surface area (Å²) in [5.41, 5.74) is 8.57. The molecular formula is C8H7BrFN3. The van der Waals surface area contributed by atoms with E-state index in [1.165, 1.54) is 6.07 Å². The smallest absolute Gasteiger partial charge is 0.127 e. The summed E-state index contributed by atoms with van der Waals surface area (Å²) in [6, 6.07) is 4.18. The van der Waals surface area contributed by atoms with Gasteiger partial charge in [-0.25, -0.2) is 4.39 Å². The van der Waals surface area contributed by atoms with Gasteiger partial charge in [0.15, 0.2) is 0 Å². The molecule has 0 aliphatic rings. The number of hydrogen-bond donors (Lipinski definition) is 0. The molecular weight excluding hydrogens is 237 g/mol. The summed E-state index contributed by atoms with van der Waals surface area (Å²) in [4.78, 5) is 2.62. The largest absolute Gasteiger partial charge is 0.207 e. The van der Waals surface area contributed by atoms with Gasteiger partial charge in [0.05, 0.1) is 6.04 Å². The van der Waals surface area contributed by atoms with Gasteiger partial charge in [-0.05, 0) is 23.2 Å². The van der Waals surface area contributed by atoms with Crippen LogP contribution in [-0.4, -0.2) is 0 Å². The van der Waals surface area contributed by atoms with Crippen molar-refractivity contribution in [2.45, 2.75) is 13.0 Å². The van der Waals surface area contributed by atoms with Crippen LogP contribution in [0.4, 0.5) is 4.39 Å². The zero-order valence-corrected chi connectivity index (χ0v) is 8.49. The van der Waals surface area contributed by atoms with Gasteiger partial charge in [-0.1, -0.05) is 34.0 Å². The molecule has 1 aromatic rings. The van der Waals surface area contributed by atoms with Gasteiger partial charge in [-0.2, -0.15) is 0 Å². The van der Waals surface area contributed by atoms with Crippen molar-refractivity contribution in [2.75, 3.05) is 0 Å². The molecule has 0 aliphatic carbocycles. The van der Waals surface area contributed by atoms with E-state index >= 15 is 0 Å². The van der Waals surface area contributed by atoms with E-state index in [2.05, 4.69) is 26.0 Å². The first-order chi connectivity index (χ1) is 6.15. The third kappa shape index (κ3) is 2.44. The minimum absolute atomic E-state index is 0.366. The van der Waals surface area contributed by atoms with Crippen LogP contribution < -0.4 is 0 Å². The highest BCUT2D eigenvalue weighted by atomic mass is 79.9. The molecule has 3 nitrogen and oxygen atoms in total. The van der Waals surface area contributed by atoms with Crippen molar-refractivity contribution in [3.05, 3.63) is 44.5 Å². The van der Waals surface area contributed by atoms with E-state index in [0.717, 1.165) is 0 Å². The Bertz CT molecular complexity index is 360. The Hall–Kier alpha value is -1.06. The van der Waals surface area contributed by atoms with Crippen LogP contribution in [-0.2, 0) is 0 Å². The van der Waals surface area contributed by atoms with Gasteiger partial charge in [0.25, 0.3) is 0 Å². The van der Waals surface area contributed by atoms with Crippen LogP contribution in [0.3, 0.4) is 0 Å². The number of rotatable bonds is 2. The van der Waals surface area contributed by atoms with Gasteiger partial charge in [0.2, 0.25) is 0 Å². The molecule has 13 heavy (non-hydrogen) atoms. The van der Waals surface area contributed by atoms with E-state index in [4.69, 9.17) is 5.53 Å². The predicted molar refractivity (Wildman–Crippen MR) is 51.7 cm³/mol. The van der Waals surface area contributed by atoms with Gasteiger partial charge >= 0.3 is 0 Å². The first kappa shape index (κ1) is 10.0. The second-order valence-electron chi connectivity index (χ2n) is 2.55. The SMILES string of the molecule is C[C@H](N=[N+]=[N-])c1ccc(Br)cc1F. The highest BCUT2D eigenvalue weighted by Gasteiger charge is 2.08. The Kier molecular flexibility index (Phi) is 3.28. The predicted octanol–water partition coefficient (Wildman–Crippen LogP) is 3.96. The van der Waals surface area contributed by atoms with Crippen molar-refractivity contribution in [1.29, 1.82) is 0 Å². The number of nitrogens with zero attached hydrogens (tertiary/aromatic N) is 3. The summed E-state index contributed by atoms with van der Waals surface area (Å²) in [7, 11) is 0. The van der Waals surface area contributed by atoms with Crippen molar-refractivity contribution < 1.29 is 4.39 Å². The minimum Gasteiger partial charge on any atom is -0.207 e. The number of halogens is 2. The fraction of sp³-hybridized carbons (Fsp3) is 0.250. The zero-order chi connectivity index (χ0) is 9.84. The molecule has 0 bridgehead atoms. The van der Waals surface area contributed by atoms with Crippen LogP contribution >= 0.6 is 15.9 Å². The van der Waals surface area contributed by atoms with Crippen molar-refractivity contribution in [1.82, 2.24) is 0 Å². The monoisotopic (exact) mass is 243 g/mol. The fourth-order valence-electron chi connectivity index (χ4n) is 0.980. The van der Waals surface area contributed by atoms with E-state index < -0.39 is 6.04 Å². The molecule has 5 heteroatoms. The fourth-order valence-corrected chi connectivity index (χ4v) is 1.31. The molecule has 1 aromatic carbocycles. The van der Waals surface area contributed by atoms with Crippen molar-refractivity contribution >= 4 is 15.9 Å². The molecule has 0 unspecified atom stereocenters. The van der Waals surface area contributed by atoms with Gasteiger partial charge in [-0.15, -0.1) is 0 Å². The molecule has 0 heterocycles. The quantitative estimate of drug-likeness (QED) is 0.429. The lowest BCUT2D eigenvalue weighted by atomic mass is 10.1. The van der Waals surface area contributed by atoms with E-state index in [0.29, 0.717) is 10.0 Å². The lowest BCUT2D eigenvalue weighted by Crippen LogP contribution is -1.92. The highest BCUT2D eigenvalue weighted by Crippen LogP contribution is 2.23. The van der Waals surface area contributed by atoms with Gasteiger partial charge in [0, 0.05) is 9.38 Å². The summed E-state index contributed by atoms with van der Waals surface area (Å²) >= 11 is 3.14. The topological polar surface area (TPSA) is 48.8 Å². The lowest BCUT2D eigenvalue weighted by Gasteiger charge is -2.05. The van der Waals surface area contributed by atoms with E-state index in [1.54, 1.807) is 19.1 Å². The standard InChI is InChI=1S/C8H7BrFN3/c1-5(12-13-11)7-3-2-6(9)4-8(7)10/h2-5H,1H3/t5-/m0/s1.